The molecule has 1 aromatic rings. The van der Waals surface area contributed by atoms with Crippen LogP contribution in [-0.2, 0) is 0 Å². The van der Waals surface area contributed by atoms with Gasteiger partial charge in [0.1, 0.15) is 5.82 Å². The molecule has 1 aromatic carbocycles. The molecule has 0 aliphatic carbocycles. The van der Waals surface area contributed by atoms with E-state index in [1.54, 1.807) is 6.07 Å². The first kappa shape index (κ1) is 15.5. The van der Waals surface area contributed by atoms with Gasteiger partial charge in [0.2, 0.25) is 0 Å². The predicted octanol–water partition coefficient (Wildman–Crippen LogP) is 4.81. The quantitative estimate of drug-likeness (QED) is 0.783. The van der Waals surface area contributed by atoms with Gasteiger partial charge >= 0.3 is 0 Å². The third-order valence-corrected chi connectivity index (χ3v) is 3.51. The van der Waals surface area contributed by atoms with E-state index in [0.717, 1.165) is 12.0 Å². The zero-order chi connectivity index (χ0) is 13.7. The molecule has 18 heavy (non-hydrogen) atoms. The van der Waals surface area contributed by atoms with E-state index < -0.39 is 0 Å². The van der Waals surface area contributed by atoms with Gasteiger partial charge in [-0.05, 0) is 49.4 Å². The van der Waals surface area contributed by atoms with Crippen LogP contribution in [0.5, 0.6) is 0 Å². The average molecular weight is 272 g/mol. The molecule has 0 saturated carbocycles. The van der Waals surface area contributed by atoms with E-state index in [2.05, 4.69) is 26.1 Å². The van der Waals surface area contributed by atoms with Gasteiger partial charge in [-0.15, -0.1) is 0 Å². The van der Waals surface area contributed by atoms with E-state index in [9.17, 15) is 4.39 Å². The van der Waals surface area contributed by atoms with Crippen molar-refractivity contribution < 1.29 is 4.39 Å². The van der Waals surface area contributed by atoms with Crippen molar-refractivity contribution in [2.75, 3.05) is 7.05 Å². The molecule has 3 heteroatoms. The van der Waals surface area contributed by atoms with Gasteiger partial charge in [-0.25, -0.2) is 4.39 Å². The Kier molecular flexibility index (Phi) is 6.10. The van der Waals surface area contributed by atoms with E-state index in [0.29, 0.717) is 11.8 Å². The molecule has 0 bridgehead atoms. The molecule has 0 aliphatic rings. The first-order valence-corrected chi connectivity index (χ1v) is 6.94. The lowest BCUT2D eigenvalue weighted by molar-refractivity contribution is 0.366. The SMILES string of the molecule is CNC(CC(C)CC(C)C)c1ccc(Cl)c(F)c1. The summed E-state index contributed by atoms with van der Waals surface area (Å²) in [6.07, 6.45) is 2.20. The average Bonchev–Trinajstić information content (AvgIpc) is 2.29. The van der Waals surface area contributed by atoms with Gasteiger partial charge in [0.15, 0.2) is 0 Å². The number of hydrogen-bond acceptors (Lipinski definition) is 1. The van der Waals surface area contributed by atoms with Gasteiger partial charge in [0.05, 0.1) is 5.02 Å². The summed E-state index contributed by atoms with van der Waals surface area (Å²) in [5.41, 5.74) is 0.968. The summed E-state index contributed by atoms with van der Waals surface area (Å²) in [4.78, 5) is 0. The van der Waals surface area contributed by atoms with Crippen molar-refractivity contribution in [3.05, 3.63) is 34.6 Å². The Bertz CT molecular complexity index is 379. The van der Waals surface area contributed by atoms with Gasteiger partial charge in [-0.1, -0.05) is 38.4 Å². The third kappa shape index (κ3) is 4.58. The number of benzene rings is 1. The summed E-state index contributed by atoms with van der Waals surface area (Å²) in [5.74, 6) is 0.964. The molecule has 0 radical (unpaired) electrons. The highest BCUT2D eigenvalue weighted by molar-refractivity contribution is 6.30. The van der Waals surface area contributed by atoms with Crippen LogP contribution in [-0.4, -0.2) is 7.05 Å². The fourth-order valence-electron chi connectivity index (χ4n) is 2.45. The van der Waals surface area contributed by atoms with E-state index in [-0.39, 0.29) is 16.9 Å². The molecule has 0 aliphatic heterocycles. The predicted molar refractivity (Wildman–Crippen MR) is 76.4 cm³/mol. The van der Waals surface area contributed by atoms with Crippen LogP contribution in [0.4, 0.5) is 4.39 Å². The van der Waals surface area contributed by atoms with E-state index in [1.165, 1.54) is 12.5 Å². The highest BCUT2D eigenvalue weighted by Gasteiger charge is 2.15. The maximum atomic E-state index is 13.5. The van der Waals surface area contributed by atoms with Crippen molar-refractivity contribution in [1.29, 1.82) is 0 Å². The number of hydrogen-bond donors (Lipinski definition) is 1. The lowest BCUT2D eigenvalue weighted by atomic mass is 9.90. The Morgan fingerprint density at radius 1 is 1.22 bits per heavy atom. The van der Waals surface area contributed by atoms with Crippen molar-refractivity contribution in [3.8, 4) is 0 Å². The van der Waals surface area contributed by atoms with Crippen LogP contribution in [0.3, 0.4) is 0 Å². The van der Waals surface area contributed by atoms with Crippen LogP contribution in [0.25, 0.3) is 0 Å². The summed E-state index contributed by atoms with van der Waals surface area (Å²) in [7, 11) is 1.92. The molecule has 2 atom stereocenters. The Morgan fingerprint density at radius 2 is 1.89 bits per heavy atom. The highest BCUT2D eigenvalue weighted by Crippen LogP contribution is 2.27. The summed E-state index contributed by atoms with van der Waals surface area (Å²) < 4.78 is 13.5. The maximum Gasteiger partial charge on any atom is 0.142 e. The minimum Gasteiger partial charge on any atom is -0.313 e. The summed E-state index contributed by atoms with van der Waals surface area (Å²) in [5, 5.41) is 3.44. The third-order valence-electron chi connectivity index (χ3n) is 3.21. The topological polar surface area (TPSA) is 12.0 Å². The van der Waals surface area contributed by atoms with Crippen LogP contribution < -0.4 is 5.32 Å². The number of halogens is 2. The molecule has 1 nitrogen and oxygen atoms in total. The highest BCUT2D eigenvalue weighted by atomic mass is 35.5. The van der Waals surface area contributed by atoms with Crippen molar-refractivity contribution >= 4 is 11.6 Å². The van der Waals surface area contributed by atoms with Crippen molar-refractivity contribution in [1.82, 2.24) is 5.32 Å². The smallest absolute Gasteiger partial charge is 0.142 e. The minimum atomic E-state index is -0.342. The van der Waals surface area contributed by atoms with E-state index in [4.69, 9.17) is 11.6 Å². The second-order valence-corrected chi connectivity index (χ2v) is 5.89. The zero-order valence-electron chi connectivity index (χ0n) is 11.6. The molecule has 102 valence electrons. The van der Waals surface area contributed by atoms with Crippen LogP contribution in [0.2, 0.25) is 5.02 Å². The normalized spacial score (nSPS) is 14.8. The maximum absolute atomic E-state index is 13.5. The summed E-state index contributed by atoms with van der Waals surface area (Å²) >= 11 is 5.71. The summed E-state index contributed by atoms with van der Waals surface area (Å²) in [6.45, 7) is 6.70. The lowest BCUT2D eigenvalue weighted by Crippen LogP contribution is -2.19. The molecule has 2 unspecified atom stereocenters. The molecule has 0 spiro atoms. The second kappa shape index (κ2) is 7.10. The monoisotopic (exact) mass is 271 g/mol. The minimum absolute atomic E-state index is 0.184. The molecule has 0 amide bonds. The molecule has 0 aromatic heterocycles. The number of rotatable bonds is 6. The molecular formula is C15H23ClFN. The van der Waals surface area contributed by atoms with E-state index in [1.807, 2.05) is 13.1 Å². The fraction of sp³-hybridized carbons (Fsp3) is 0.600. The molecule has 1 rings (SSSR count). The van der Waals surface area contributed by atoms with Crippen LogP contribution in [0.15, 0.2) is 18.2 Å². The Hall–Kier alpha value is -0.600. The molecular weight excluding hydrogens is 249 g/mol. The largest absolute Gasteiger partial charge is 0.313 e. The van der Waals surface area contributed by atoms with Gasteiger partial charge in [0, 0.05) is 6.04 Å². The standard InChI is InChI=1S/C15H23ClFN/c1-10(2)7-11(3)8-15(18-4)12-5-6-13(16)14(17)9-12/h5-6,9-11,15,18H,7-8H2,1-4H3. The summed E-state index contributed by atoms with van der Waals surface area (Å²) in [6, 6.07) is 5.25. The van der Waals surface area contributed by atoms with Crippen molar-refractivity contribution in [3.63, 3.8) is 0 Å². The molecule has 0 saturated heterocycles. The van der Waals surface area contributed by atoms with Crippen LogP contribution >= 0.6 is 11.6 Å². The van der Waals surface area contributed by atoms with Gasteiger partial charge in [-0.2, -0.15) is 0 Å². The van der Waals surface area contributed by atoms with Gasteiger partial charge in [0.25, 0.3) is 0 Å². The van der Waals surface area contributed by atoms with Gasteiger partial charge < -0.3 is 5.32 Å². The van der Waals surface area contributed by atoms with Gasteiger partial charge in [-0.3, -0.25) is 0 Å². The first-order chi connectivity index (χ1) is 8.43. The Balaban J connectivity index is 2.73. The first-order valence-electron chi connectivity index (χ1n) is 6.56. The molecule has 0 heterocycles. The van der Waals surface area contributed by atoms with Crippen molar-refractivity contribution in [2.24, 2.45) is 11.8 Å². The molecule has 1 N–H and O–H groups in total. The molecule has 0 fully saturated rings. The van der Waals surface area contributed by atoms with Crippen LogP contribution in [0, 0.1) is 17.7 Å². The Labute approximate surface area is 115 Å². The Morgan fingerprint density at radius 3 is 2.39 bits per heavy atom. The lowest BCUT2D eigenvalue weighted by Gasteiger charge is -2.22. The fourth-order valence-corrected chi connectivity index (χ4v) is 2.57. The van der Waals surface area contributed by atoms with Crippen molar-refractivity contribution in [2.45, 2.75) is 39.7 Å². The number of nitrogens with one attached hydrogen (secondary N) is 1. The van der Waals surface area contributed by atoms with Crippen LogP contribution in [0.1, 0.15) is 45.2 Å². The zero-order valence-corrected chi connectivity index (χ0v) is 12.4. The second-order valence-electron chi connectivity index (χ2n) is 5.49. The van der Waals surface area contributed by atoms with E-state index >= 15 is 0 Å².